The van der Waals surface area contributed by atoms with Crippen molar-refractivity contribution in [2.45, 2.75) is 18.0 Å². The number of nitrogen functional groups attached to an aromatic ring is 1. The van der Waals surface area contributed by atoms with Crippen molar-refractivity contribution in [1.82, 2.24) is 19.6 Å². The summed E-state index contributed by atoms with van der Waals surface area (Å²) in [6.45, 7) is -0.586. The number of rotatable bonds is 9. The number of aromatic nitrogens is 3. The summed E-state index contributed by atoms with van der Waals surface area (Å²) >= 11 is 8.27. The summed E-state index contributed by atoms with van der Waals surface area (Å²) < 4.78 is 3.78. The second kappa shape index (κ2) is 10.5. The van der Waals surface area contributed by atoms with Crippen molar-refractivity contribution in [3.05, 3.63) is 58.1 Å². The minimum Gasteiger partial charge on any atom is -0.479 e. The highest BCUT2D eigenvalue weighted by Crippen LogP contribution is 2.40. The maximum Gasteiger partial charge on any atom is 0.352 e. The number of hydrogen-bond donors (Lipinski definition) is 4. The molecule has 5 heterocycles. The molecule has 0 aliphatic carbocycles. The molecule has 0 aromatic carbocycles. The van der Waals surface area contributed by atoms with Gasteiger partial charge in [0, 0.05) is 17.4 Å². The molecule has 1 fully saturated rings. The van der Waals surface area contributed by atoms with Gasteiger partial charge in [-0.25, -0.2) is 23.5 Å². The van der Waals surface area contributed by atoms with E-state index in [1.54, 1.807) is 0 Å². The Morgan fingerprint density at radius 3 is 2.79 bits per heavy atom. The maximum atomic E-state index is 13.1. The van der Waals surface area contributed by atoms with E-state index < -0.39 is 47.5 Å². The van der Waals surface area contributed by atoms with Crippen molar-refractivity contribution in [1.29, 1.82) is 0 Å². The number of hydrogen-bond acceptors (Lipinski definition) is 10. The van der Waals surface area contributed by atoms with Gasteiger partial charge in [-0.15, -0.1) is 11.8 Å². The quantitative estimate of drug-likeness (QED) is 0.115. The van der Waals surface area contributed by atoms with Crippen LogP contribution in [0, 0.1) is 0 Å². The molecule has 2 aliphatic heterocycles. The van der Waals surface area contributed by atoms with E-state index in [0.29, 0.717) is 11.3 Å². The van der Waals surface area contributed by atoms with Gasteiger partial charge in [-0.3, -0.25) is 14.5 Å². The molecule has 17 heteroatoms. The third-order valence-electron chi connectivity index (χ3n) is 5.85. The molecule has 2 amide bonds. The number of thiazole rings is 1. The van der Waals surface area contributed by atoms with Gasteiger partial charge in [-0.05, 0) is 6.07 Å². The third kappa shape index (κ3) is 5.00. The number of thioether (sulfide) groups is 1. The van der Waals surface area contributed by atoms with E-state index >= 15 is 0 Å². The highest BCUT2D eigenvalue weighted by Gasteiger charge is 2.54. The van der Waals surface area contributed by atoms with Gasteiger partial charge in [0.05, 0.1) is 6.20 Å². The normalized spacial score (nSPS) is 19.1. The van der Waals surface area contributed by atoms with Gasteiger partial charge in [0.25, 0.3) is 17.5 Å². The first-order chi connectivity index (χ1) is 18.7. The lowest BCUT2D eigenvalue weighted by Crippen LogP contribution is -2.71. The molecule has 5 rings (SSSR count). The second-order valence-corrected chi connectivity index (χ2v) is 11.0. The van der Waals surface area contributed by atoms with E-state index in [9.17, 15) is 24.3 Å². The van der Waals surface area contributed by atoms with E-state index in [2.05, 4.69) is 15.5 Å². The number of nitrogens with zero attached hydrogens (tertiary/aromatic N) is 5. The summed E-state index contributed by atoms with van der Waals surface area (Å²) in [5.41, 5.74) is 6.28. The van der Waals surface area contributed by atoms with Crippen LogP contribution in [-0.4, -0.2) is 77.7 Å². The van der Waals surface area contributed by atoms with E-state index in [1.165, 1.54) is 11.8 Å². The first kappa shape index (κ1) is 26.5. The van der Waals surface area contributed by atoms with Gasteiger partial charge in [0.2, 0.25) is 6.61 Å². The number of aliphatic carboxylic acids is 2. The number of fused-ring (bicyclic) bond motifs is 2. The number of carbonyl (C=O) groups is 4. The smallest absolute Gasteiger partial charge is 0.352 e. The molecule has 1 saturated heterocycles. The van der Waals surface area contributed by atoms with Crippen LogP contribution in [0.25, 0.3) is 5.65 Å². The van der Waals surface area contributed by atoms with Crippen molar-refractivity contribution in [3.63, 3.8) is 0 Å². The number of pyridine rings is 1. The van der Waals surface area contributed by atoms with E-state index in [-0.39, 0.29) is 27.4 Å². The lowest BCUT2D eigenvalue weighted by molar-refractivity contribution is -0.662. The van der Waals surface area contributed by atoms with Gasteiger partial charge < -0.3 is 26.1 Å². The van der Waals surface area contributed by atoms with Crippen LogP contribution in [0.2, 0.25) is 4.34 Å². The molecule has 0 unspecified atom stereocenters. The number of carbonyl (C=O) groups excluding carboxylic acids is 2. The van der Waals surface area contributed by atoms with E-state index in [1.807, 2.05) is 45.8 Å². The van der Waals surface area contributed by atoms with Gasteiger partial charge in [-0.2, -0.15) is 0 Å². The lowest BCUT2D eigenvalue weighted by Gasteiger charge is -2.49. The zero-order valence-corrected chi connectivity index (χ0v) is 22.1. The van der Waals surface area contributed by atoms with Crippen molar-refractivity contribution in [2.75, 3.05) is 18.1 Å². The Hall–Kier alpha value is -4.15. The van der Waals surface area contributed by atoms with E-state index in [4.69, 9.17) is 27.3 Å². The summed E-state index contributed by atoms with van der Waals surface area (Å²) in [5.74, 6) is -3.84. The zero-order chi connectivity index (χ0) is 27.8. The highest BCUT2D eigenvalue weighted by molar-refractivity contribution is 8.00. The Bertz CT molecular complexity index is 1580. The predicted molar refractivity (Wildman–Crippen MR) is 139 cm³/mol. The van der Waals surface area contributed by atoms with Crippen molar-refractivity contribution < 1.29 is 38.8 Å². The molecule has 39 heavy (non-hydrogen) atoms. The van der Waals surface area contributed by atoms with Crippen LogP contribution in [0.3, 0.4) is 0 Å². The Labute approximate surface area is 232 Å². The fourth-order valence-corrected chi connectivity index (χ4v) is 6.47. The molecule has 0 spiro atoms. The molecule has 5 N–H and O–H groups in total. The fourth-order valence-electron chi connectivity index (χ4n) is 4.21. The molecule has 0 saturated carbocycles. The summed E-state index contributed by atoms with van der Waals surface area (Å²) in [6.07, 6.45) is 5.54. The molecular weight excluding hydrogens is 574 g/mol. The lowest BCUT2D eigenvalue weighted by atomic mass is 10.0. The first-order valence-electron chi connectivity index (χ1n) is 11.2. The molecule has 14 nitrogen and oxygen atoms in total. The van der Waals surface area contributed by atoms with Gasteiger partial charge in [0.15, 0.2) is 10.8 Å². The minimum atomic E-state index is -1.33. The average molecular weight is 593 g/mol. The van der Waals surface area contributed by atoms with Crippen molar-refractivity contribution in [2.24, 2.45) is 5.16 Å². The highest BCUT2D eigenvalue weighted by atomic mass is 35.5. The van der Waals surface area contributed by atoms with Crippen LogP contribution in [0.15, 0.2) is 53.2 Å². The second-order valence-electron chi connectivity index (χ2n) is 8.29. The molecule has 3 aromatic heterocycles. The number of nitrogens with one attached hydrogen (secondary N) is 1. The summed E-state index contributed by atoms with van der Waals surface area (Å²) in [5, 5.41) is 24.2. The Balaban J connectivity index is 1.37. The zero-order valence-electron chi connectivity index (χ0n) is 19.7. The molecule has 0 radical (unpaired) electrons. The third-order valence-corrected chi connectivity index (χ3v) is 8.28. The van der Waals surface area contributed by atoms with Gasteiger partial charge in [-0.1, -0.05) is 34.2 Å². The summed E-state index contributed by atoms with van der Waals surface area (Å²) in [6, 6.07) is 4.55. The van der Waals surface area contributed by atoms with Gasteiger partial charge in [0.1, 0.15) is 46.1 Å². The van der Waals surface area contributed by atoms with Gasteiger partial charge >= 0.3 is 11.9 Å². The van der Waals surface area contributed by atoms with Crippen LogP contribution in [0.5, 0.6) is 0 Å². The number of carboxylic acid groups (broad SMARTS) is 2. The number of imidazole rings is 1. The monoisotopic (exact) mass is 592 g/mol. The number of oxime groups is 1. The molecule has 0 bridgehead atoms. The first-order valence-corrected chi connectivity index (χ1v) is 13.4. The number of nitrogens with two attached hydrogens (primary N) is 1. The number of halogens is 1. The number of β-lactam (4-membered cyclic amide) rings is 1. The fraction of sp³-hybridized carbons (Fsp3) is 0.227. The standard InChI is InChI=1S/C22H18ClN7O7S2/c23-17-13(26-22(24)39-17)14(27-37-8-12(31)32)18(33)25-15-19(34)30-16(21(35)36)10(9-38-20(15)30)7-29-6-5-28-4-2-1-3-11(28)29/h1-6,15,20H,7-9H2,(H4-,24,25,26,31,32,33,35,36)/p+1/b27-14+/t15-,20-/m1/s1. The number of amides is 2. The Morgan fingerprint density at radius 2 is 2.10 bits per heavy atom. The summed E-state index contributed by atoms with van der Waals surface area (Å²) in [7, 11) is 0. The average Bonchev–Trinajstić information content (AvgIpc) is 3.46. The predicted octanol–water partition coefficient (Wildman–Crippen LogP) is 0.163. The van der Waals surface area contributed by atoms with Crippen LogP contribution < -0.4 is 15.6 Å². The number of anilines is 1. The molecule has 202 valence electrons. The maximum absolute atomic E-state index is 13.1. The van der Waals surface area contributed by atoms with Crippen LogP contribution in [0.4, 0.5) is 5.13 Å². The van der Waals surface area contributed by atoms with Crippen molar-refractivity contribution in [3.8, 4) is 0 Å². The van der Waals surface area contributed by atoms with E-state index in [0.717, 1.165) is 21.9 Å². The molecular formula is C22H19ClN7O7S2+. The minimum absolute atomic E-state index is 0.00497. The van der Waals surface area contributed by atoms with Crippen LogP contribution in [-0.2, 0) is 30.6 Å². The molecule has 3 aromatic rings. The largest absolute Gasteiger partial charge is 0.479 e. The topological polar surface area (TPSA) is 193 Å². The number of carboxylic acids is 2. The van der Waals surface area contributed by atoms with Crippen LogP contribution in [0.1, 0.15) is 5.69 Å². The molecule has 2 aliphatic rings. The van der Waals surface area contributed by atoms with Crippen molar-refractivity contribution >= 4 is 74.9 Å². The Kier molecular flexibility index (Phi) is 7.16. The summed E-state index contributed by atoms with van der Waals surface area (Å²) in [4.78, 5) is 59.1. The SMILES string of the molecule is Nc1nc(/C(=N\OCC(=O)O)C(=O)N[C@@H]2C(=O)N3C(C(=O)O)=C(C[n+]4ccn5ccccc54)CS[C@H]23)c(Cl)s1. The van der Waals surface area contributed by atoms with Crippen LogP contribution >= 0.6 is 34.7 Å². The Morgan fingerprint density at radius 1 is 1.31 bits per heavy atom. The molecule has 2 atom stereocenters.